The van der Waals surface area contributed by atoms with Gasteiger partial charge in [-0.1, -0.05) is 6.92 Å². The Balaban J connectivity index is 2.36. The van der Waals surface area contributed by atoms with E-state index >= 15 is 0 Å². The zero-order valence-electron chi connectivity index (χ0n) is 7.82. The molecule has 0 bridgehead atoms. The van der Waals surface area contributed by atoms with Crippen LogP contribution in [0.5, 0.6) is 0 Å². The van der Waals surface area contributed by atoms with Gasteiger partial charge in [0.2, 0.25) is 5.91 Å². The summed E-state index contributed by atoms with van der Waals surface area (Å²) in [6.07, 6.45) is 1.53. The number of amides is 1. The number of likely N-dealkylation sites (tertiary alicyclic amines) is 1. The van der Waals surface area contributed by atoms with Gasteiger partial charge in [0.25, 0.3) is 0 Å². The molecule has 0 spiro atoms. The topological polar surface area (TPSA) is 57.6 Å². The van der Waals surface area contributed by atoms with E-state index < -0.39 is 5.97 Å². The predicted octanol–water partition coefficient (Wildman–Crippen LogP) is 0.720. The summed E-state index contributed by atoms with van der Waals surface area (Å²) in [6.45, 7) is 3.18. The van der Waals surface area contributed by atoms with Crippen LogP contribution in [0.3, 0.4) is 0 Å². The Hall–Kier alpha value is -1.06. The molecule has 1 heterocycles. The Bertz CT molecular complexity index is 215. The Morgan fingerprint density at radius 2 is 2.23 bits per heavy atom. The van der Waals surface area contributed by atoms with Gasteiger partial charge in [-0.3, -0.25) is 9.59 Å². The van der Waals surface area contributed by atoms with Crippen molar-refractivity contribution in [1.29, 1.82) is 0 Å². The molecule has 1 fully saturated rings. The Morgan fingerprint density at radius 3 is 2.77 bits per heavy atom. The second-order valence-corrected chi connectivity index (χ2v) is 3.45. The van der Waals surface area contributed by atoms with E-state index in [1.165, 1.54) is 0 Å². The number of nitrogens with zero attached hydrogens (tertiary/aromatic N) is 1. The molecular weight excluding hydrogens is 170 g/mol. The number of carbonyl (C=O) groups is 2. The van der Waals surface area contributed by atoms with Gasteiger partial charge in [0.05, 0.1) is 0 Å². The fourth-order valence-electron chi connectivity index (χ4n) is 1.70. The highest BCUT2D eigenvalue weighted by Crippen LogP contribution is 2.19. The zero-order valence-corrected chi connectivity index (χ0v) is 7.82. The molecule has 1 N–H and O–H groups in total. The first kappa shape index (κ1) is 10.0. The van der Waals surface area contributed by atoms with Crippen LogP contribution in [0.25, 0.3) is 0 Å². The molecule has 1 amide bonds. The number of rotatable bonds is 3. The van der Waals surface area contributed by atoms with Crippen molar-refractivity contribution in [3.05, 3.63) is 0 Å². The molecule has 0 radical (unpaired) electrons. The van der Waals surface area contributed by atoms with Crippen LogP contribution in [0.1, 0.15) is 26.2 Å². The zero-order chi connectivity index (χ0) is 9.84. The standard InChI is InChI=1S/C9H15NO3/c1-2-8(11)10-4-3-7(6-10)5-9(12)13/h7H,2-6H2,1H3,(H,12,13)/t7-/m0/s1. The van der Waals surface area contributed by atoms with Gasteiger partial charge in [0.15, 0.2) is 0 Å². The lowest BCUT2D eigenvalue weighted by Crippen LogP contribution is -2.28. The largest absolute Gasteiger partial charge is 0.481 e. The summed E-state index contributed by atoms with van der Waals surface area (Å²) in [5.41, 5.74) is 0. The quantitative estimate of drug-likeness (QED) is 0.704. The van der Waals surface area contributed by atoms with E-state index in [0.29, 0.717) is 13.0 Å². The minimum absolute atomic E-state index is 0.132. The first-order valence-corrected chi connectivity index (χ1v) is 4.63. The fourth-order valence-corrected chi connectivity index (χ4v) is 1.70. The highest BCUT2D eigenvalue weighted by atomic mass is 16.4. The van der Waals surface area contributed by atoms with Crippen molar-refractivity contribution < 1.29 is 14.7 Å². The van der Waals surface area contributed by atoms with Gasteiger partial charge in [0.1, 0.15) is 0 Å². The van der Waals surface area contributed by atoms with E-state index in [0.717, 1.165) is 13.0 Å². The summed E-state index contributed by atoms with van der Waals surface area (Å²) >= 11 is 0. The Morgan fingerprint density at radius 1 is 1.54 bits per heavy atom. The van der Waals surface area contributed by atoms with Crippen molar-refractivity contribution in [2.24, 2.45) is 5.92 Å². The van der Waals surface area contributed by atoms with E-state index in [2.05, 4.69) is 0 Å². The highest BCUT2D eigenvalue weighted by molar-refractivity contribution is 5.76. The number of carboxylic acid groups (broad SMARTS) is 1. The van der Waals surface area contributed by atoms with Gasteiger partial charge in [-0.25, -0.2) is 0 Å². The average Bonchev–Trinajstić information content (AvgIpc) is 2.50. The summed E-state index contributed by atoms with van der Waals surface area (Å²) in [6, 6.07) is 0. The molecule has 0 aromatic heterocycles. The molecule has 0 aromatic rings. The van der Waals surface area contributed by atoms with Gasteiger partial charge in [-0.2, -0.15) is 0 Å². The van der Waals surface area contributed by atoms with Gasteiger partial charge in [0, 0.05) is 25.9 Å². The maximum Gasteiger partial charge on any atom is 0.303 e. The SMILES string of the molecule is CCC(=O)N1CC[C@@H](CC(=O)O)C1. The Kier molecular flexibility index (Phi) is 3.28. The Labute approximate surface area is 77.5 Å². The van der Waals surface area contributed by atoms with Crippen LogP contribution in [-0.4, -0.2) is 35.0 Å². The molecule has 1 atom stereocenters. The number of carbonyl (C=O) groups excluding carboxylic acids is 1. The lowest BCUT2D eigenvalue weighted by molar-refractivity contribution is -0.138. The van der Waals surface area contributed by atoms with Crippen LogP contribution in [0.2, 0.25) is 0 Å². The predicted molar refractivity (Wildman–Crippen MR) is 47.2 cm³/mol. The minimum Gasteiger partial charge on any atom is -0.481 e. The van der Waals surface area contributed by atoms with Crippen LogP contribution in [0, 0.1) is 5.92 Å². The summed E-state index contributed by atoms with van der Waals surface area (Å²) in [7, 11) is 0. The number of hydrogen-bond donors (Lipinski definition) is 1. The first-order valence-electron chi connectivity index (χ1n) is 4.63. The van der Waals surface area contributed by atoms with E-state index in [1.807, 2.05) is 6.92 Å². The van der Waals surface area contributed by atoms with Crippen molar-refractivity contribution in [2.45, 2.75) is 26.2 Å². The third kappa shape index (κ3) is 2.72. The summed E-state index contributed by atoms with van der Waals surface area (Å²) in [5.74, 6) is -0.475. The maximum atomic E-state index is 11.2. The van der Waals surface area contributed by atoms with E-state index in [1.54, 1.807) is 4.90 Å². The lowest BCUT2D eigenvalue weighted by atomic mass is 10.1. The number of hydrogen-bond acceptors (Lipinski definition) is 2. The molecule has 13 heavy (non-hydrogen) atoms. The molecule has 74 valence electrons. The van der Waals surface area contributed by atoms with E-state index in [4.69, 9.17) is 5.11 Å². The van der Waals surface area contributed by atoms with Crippen LogP contribution >= 0.6 is 0 Å². The monoisotopic (exact) mass is 185 g/mol. The molecule has 0 aromatic carbocycles. The molecule has 1 rings (SSSR count). The van der Waals surface area contributed by atoms with Crippen LogP contribution in [-0.2, 0) is 9.59 Å². The minimum atomic E-state index is -0.768. The fraction of sp³-hybridized carbons (Fsp3) is 0.778. The second-order valence-electron chi connectivity index (χ2n) is 3.45. The van der Waals surface area contributed by atoms with Crippen LogP contribution < -0.4 is 0 Å². The third-order valence-corrected chi connectivity index (χ3v) is 2.40. The summed E-state index contributed by atoms with van der Waals surface area (Å²) < 4.78 is 0. The van der Waals surface area contributed by atoms with Crippen LogP contribution in [0.15, 0.2) is 0 Å². The van der Waals surface area contributed by atoms with Crippen molar-refractivity contribution >= 4 is 11.9 Å². The number of carboxylic acids is 1. The van der Waals surface area contributed by atoms with Gasteiger partial charge in [-0.15, -0.1) is 0 Å². The van der Waals surface area contributed by atoms with E-state index in [-0.39, 0.29) is 18.2 Å². The third-order valence-electron chi connectivity index (χ3n) is 2.40. The van der Waals surface area contributed by atoms with Crippen molar-refractivity contribution in [1.82, 2.24) is 4.90 Å². The lowest BCUT2D eigenvalue weighted by Gasteiger charge is -2.14. The normalized spacial score (nSPS) is 21.9. The number of aliphatic carboxylic acids is 1. The van der Waals surface area contributed by atoms with E-state index in [9.17, 15) is 9.59 Å². The summed E-state index contributed by atoms with van der Waals surface area (Å²) in [4.78, 5) is 23.4. The second kappa shape index (κ2) is 4.25. The maximum absolute atomic E-state index is 11.2. The smallest absolute Gasteiger partial charge is 0.303 e. The van der Waals surface area contributed by atoms with Crippen molar-refractivity contribution in [3.8, 4) is 0 Å². The molecule has 4 nitrogen and oxygen atoms in total. The molecule has 1 saturated heterocycles. The van der Waals surface area contributed by atoms with Gasteiger partial charge >= 0.3 is 5.97 Å². The van der Waals surface area contributed by atoms with Gasteiger partial charge in [-0.05, 0) is 12.3 Å². The molecule has 4 heteroatoms. The van der Waals surface area contributed by atoms with Crippen molar-refractivity contribution in [2.75, 3.05) is 13.1 Å². The summed E-state index contributed by atoms with van der Waals surface area (Å²) in [5, 5.41) is 8.55. The molecule has 0 unspecified atom stereocenters. The molecule has 0 saturated carbocycles. The molecule has 0 aliphatic carbocycles. The molecule has 1 aliphatic rings. The van der Waals surface area contributed by atoms with Gasteiger partial charge < -0.3 is 10.0 Å². The van der Waals surface area contributed by atoms with Crippen molar-refractivity contribution in [3.63, 3.8) is 0 Å². The average molecular weight is 185 g/mol. The first-order chi connectivity index (χ1) is 6.13. The molecule has 1 aliphatic heterocycles. The highest BCUT2D eigenvalue weighted by Gasteiger charge is 2.26. The van der Waals surface area contributed by atoms with Crippen LogP contribution in [0.4, 0.5) is 0 Å². The molecular formula is C9H15NO3.